The molecule has 0 aromatic heterocycles. The van der Waals surface area contributed by atoms with Crippen LogP contribution < -0.4 is 0 Å². The molecular weight excluding hydrogens is 410 g/mol. The van der Waals surface area contributed by atoms with Crippen molar-refractivity contribution < 1.29 is 29.3 Å². The van der Waals surface area contributed by atoms with Crippen molar-refractivity contribution >= 4 is 12.1 Å². The molecule has 0 bridgehead atoms. The number of aliphatic carboxylic acids is 1. The molecule has 1 unspecified atom stereocenters. The van der Waals surface area contributed by atoms with E-state index in [2.05, 4.69) is 20.8 Å². The van der Waals surface area contributed by atoms with E-state index in [9.17, 15) is 19.8 Å². The van der Waals surface area contributed by atoms with Gasteiger partial charge in [-0.3, -0.25) is 4.90 Å². The molecule has 0 heterocycles. The number of likely N-dealkylation sites (N-methyl/N-ethyl adjacent to an activating group) is 1. The fourth-order valence-electron chi connectivity index (χ4n) is 2.91. The minimum Gasteiger partial charge on any atom is -0.479 e. The van der Waals surface area contributed by atoms with E-state index in [0.29, 0.717) is 0 Å². The molecular formula is C25H39NO6. The van der Waals surface area contributed by atoms with Gasteiger partial charge in [-0.25, -0.2) is 9.59 Å². The summed E-state index contributed by atoms with van der Waals surface area (Å²) in [6.45, 7) is 15.3. The highest BCUT2D eigenvalue weighted by Crippen LogP contribution is 2.23. The van der Waals surface area contributed by atoms with E-state index in [1.807, 2.05) is 38.1 Å². The molecule has 1 amide bonds. The first-order valence-electron chi connectivity index (χ1n) is 10.9. The van der Waals surface area contributed by atoms with E-state index in [1.165, 1.54) is 7.05 Å². The number of amides is 1. The van der Waals surface area contributed by atoms with Crippen LogP contribution in [0.2, 0.25) is 0 Å². The Morgan fingerprint density at radius 2 is 1.59 bits per heavy atom. The third kappa shape index (κ3) is 9.01. The summed E-state index contributed by atoms with van der Waals surface area (Å²) in [5.74, 6) is -1.23. The van der Waals surface area contributed by atoms with Gasteiger partial charge in [0.2, 0.25) is 0 Å². The van der Waals surface area contributed by atoms with Crippen molar-refractivity contribution in [2.45, 2.75) is 85.2 Å². The number of carbonyl (C=O) groups excluding carboxylic acids is 1. The summed E-state index contributed by atoms with van der Waals surface area (Å²) in [4.78, 5) is 25.5. The predicted molar refractivity (Wildman–Crippen MR) is 124 cm³/mol. The second-order valence-electron chi connectivity index (χ2n) is 10.3. The second kappa shape index (κ2) is 11.0. The number of ether oxygens (including phenoxy) is 2. The summed E-state index contributed by atoms with van der Waals surface area (Å²) in [5, 5.41) is 20.4. The molecule has 1 aromatic rings. The molecule has 180 valence electrons. The van der Waals surface area contributed by atoms with Crippen LogP contribution in [0.5, 0.6) is 0 Å². The van der Waals surface area contributed by atoms with Crippen LogP contribution in [0.15, 0.2) is 36.0 Å². The predicted octanol–water partition coefficient (Wildman–Crippen LogP) is 4.72. The normalized spacial score (nSPS) is 14.8. The van der Waals surface area contributed by atoms with Crippen molar-refractivity contribution in [1.29, 1.82) is 0 Å². The number of allylic oxidation sites excluding steroid dienone is 1. The summed E-state index contributed by atoms with van der Waals surface area (Å²) in [6, 6.07) is 7.66. The van der Waals surface area contributed by atoms with Crippen LogP contribution in [0.25, 0.3) is 0 Å². The number of benzene rings is 1. The molecule has 1 aromatic carbocycles. The van der Waals surface area contributed by atoms with Crippen LogP contribution in [0.3, 0.4) is 0 Å². The summed E-state index contributed by atoms with van der Waals surface area (Å²) in [6.07, 6.45) is -1.87. The molecule has 2 N–H and O–H groups in total. The number of rotatable bonds is 8. The molecule has 0 aliphatic rings. The summed E-state index contributed by atoms with van der Waals surface area (Å²) < 4.78 is 10.9. The molecule has 0 saturated heterocycles. The van der Waals surface area contributed by atoms with Gasteiger partial charge in [-0.05, 0) is 43.2 Å². The van der Waals surface area contributed by atoms with Gasteiger partial charge in [0.25, 0.3) is 0 Å². The second-order valence-corrected chi connectivity index (χ2v) is 10.3. The highest BCUT2D eigenvalue weighted by molar-refractivity contribution is 5.73. The van der Waals surface area contributed by atoms with Gasteiger partial charge < -0.3 is 19.7 Å². The first kappa shape index (κ1) is 27.7. The molecule has 7 heteroatoms. The number of hydrogen-bond acceptors (Lipinski definition) is 5. The van der Waals surface area contributed by atoms with Crippen LogP contribution in [0, 0.1) is 5.92 Å². The molecule has 7 nitrogen and oxygen atoms in total. The van der Waals surface area contributed by atoms with Gasteiger partial charge in [0.05, 0.1) is 5.70 Å². The minimum atomic E-state index is -1.62. The van der Waals surface area contributed by atoms with Crippen LogP contribution >= 0.6 is 0 Å². The fourth-order valence-corrected chi connectivity index (χ4v) is 2.91. The lowest BCUT2D eigenvalue weighted by atomic mass is 9.86. The fraction of sp³-hybridized carbons (Fsp3) is 0.600. The van der Waals surface area contributed by atoms with E-state index in [4.69, 9.17) is 9.47 Å². The van der Waals surface area contributed by atoms with Crippen LogP contribution in [0.4, 0.5) is 4.79 Å². The van der Waals surface area contributed by atoms with Gasteiger partial charge in [-0.1, -0.05) is 65.0 Å². The van der Waals surface area contributed by atoms with Crippen LogP contribution in [-0.2, 0) is 26.1 Å². The van der Waals surface area contributed by atoms with Gasteiger partial charge in [0, 0.05) is 13.5 Å². The maximum atomic E-state index is 12.5. The molecule has 0 aliphatic carbocycles. The molecule has 0 radical (unpaired) electrons. The van der Waals surface area contributed by atoms with E-state index < -0.39 is 30.1 Å². The first-order valence-corrected chi connectivity index (χ1v) is 10.9. The number of aliphatic hydroxyl groups is 1. The zero-order valence-electron chi connectivity index (χ0n) is 20.8. The molecule has 32 heavy (non-hydrogen) atoms. The zero-order chi connectivity index (χ0) is 24.9. The highest BCUT2D eigenvalue weighted by atomic mass is 16.6. The molecule has 0 spiro atoms. The van der Waals surface area contributed by atoms with Gasteiger partial charge >= 0.3 is 12.1 Å². The Balaban J connectivity index is 3.05. The monoisotopic (exact) mass is 449 g/mol. The topological polar surface area (TPSA) is 96.3 Å². The summed E-state index contributed by atoms with van der Waals surface area (Å²) >= 11 is 0. The zero-order valence-corrected chi connectivity index (χ0v) is 20.8. The van der Waals surface area contributed by atoms with Gasteiger partial charge in [-0.15, -0.1) is 0 Å². The Bertz CT molecular complexity index is 799. The molecule has 0 fully saturated rings. The lowest BCUT2D eigenvalue weighted by Crippen LogP contribution is -2.40. The quantitative estimate of drug-likeness (QED) is 0.558. The smallest absolute Gasteiger partial charge is 0.414 e. The number of carboxylic acids is 1. The maximum absolute atomic E-state index is 12.5. The van der Waals surface area contributed by atoms with Crippen molar-refractivity contribution in [1.82, 2.24) is 4.90 Å². The minimum absolute atomic E-state index is 0.0137. The van der Waals surface area contributed by atoms with E-state index >= 15 is 0 Å². The molecule has 0 aliphatic heterocycles. The Labute approximate surface area is 192 Å². The number of carboxylic acid groups (broad SMARTS) is 1. The van der Waals surface area contributed by atoms with Gasteiger partial charge in [-0.2, -0.15) is 0 Å². The van der Waals surface area contributed by atoms with Gasteiger partial charge in [0.1, 0.15) is 5.60 Å². The van der Waals surface area contributed by atoms with Gasteiger partial charge in [0.15, 0.2) is 12.4 Å². The van der Waals surface area contributed by atoms with Crippen molar-refractivity contribution in [3.63, 3.8) is 0 Å². The Morgan fingerprint density at radius 1 is 1.06 bits per heavy atom. The average Bonchev–Trinajstić information content (AvgIpc) is 2.63. The largest absolute Gasteiger partial charge is 0.479 e. The Hall–Kier alpha value is -2.38. The number of aliphatic hydroxyl groups excluding tert-OH is 1. The number of nitrogens with zero attached hydrogens (tertiary/aromatic N) is 1. The number of hydrogen-bond donors (Lipinski definition) is 2. The lowest BCUT2D eigenvalue weighted by Gasteiger charge is -2.29. The van der Waals surface area contributed by atoms with E-state index in [1.54, 1.807) is 26.8 Å². The molecule has 1 rings (SSSR count). The van der Waals surface area contributed by atoms with E-state index in [0.717, 1.165) is 16.0 Å². The first-order chi connectivity index (χ1) is 14.5. The van der Waals surface area contributed by atoms with Crippen molar-refractivity contribution in [2.75, 3.05) is 7.05 Å². The summed E-state index contributed by atoms with van der Waals surface area (Å²) in [5.41, 5.74) is 1.30. The average molecular weight is 450 g/mol. The molecule has 2 atom stereocenters. The number of carbonyl (C=O) groups is 2. The lowest BCUT2D eigenvalue weighted by molar-refractivity contribution is -0.169. The van der Waals surface area contributed by atoms with Crippen LogP contribution in [0.1, 0.15) is 66.5 Å². The standard InChI is InChI=1S/C25H39NO6/c1-16(2)14-19(26(9)23(30)32-25(6,7)8)22(29)31-20(21(27)28)15-17-10-12-18(13-11-17)24(3,4)5/h10-14,16,20,22,29H,15H2,1-9H3,(H,27,28)/b19-14+/t20-,22?/m1/s1. The highest BCUT2D eigenvalue weighted by Gasteiger charge is 2.30. The Morgan fingerprint density at radius 3 is 2.00 bits per heavy atom. The Kier molecular flexibility index (Phi) is 9.48. The van der Waals surface area contributed by atoms with Crippen molar-refractivity contribution in [2.24, 2.45) is 5.92 Å². The SMILES string of the molecule is CC(C)/C=C(\C(O)O[C@H](Cc1ccc(C(C)(C)C)cc1)C(=O)O)N(C)C(=O)OC(C)(C)C. The van der Waals surface area contributed by atoms with Crippen LogP contribution in [-0.4, -0.2) is 52.2 Å². The van der Waals surface area contributed by atoms with Crippen molar-refractivity contribution in [3.8, 4) is 0 Å². The molecule has 0 saturated carbocycles. The summed E-state index contributed by atoms with van der Waals surface area (Å²) in [7, 11) is 1.45. The van der Waals surface area contributed by atoms with E-state index in [-0.39, 0.29) is 23.5 Å². The van der Waals surface area contributed by atoms with Crippen molar-refractivity contribution in [3.05, 3.63) is 47.2 Å². The third-order valence-corrected chi connectivity index (χ3v) is 4.62. The maximum Gasteiger partial charge on any atom is 0.414 e. The third-order valence-electron chi connectivity index (χ3n) is 4.62.